The predicted molar refractivity (Wildman–Crippen MR) is 89.5 cm³/mol. The molecule has 2 heterocycles. The molecule has 0 spiro atoms. The van der Waals surface area contributed by atoms with Crippen LogP contribution in [0.4, 0.5) is 4.39 Å². The van der Waals surface area contributed by atoms with Crippen LogP contribution in [-0.4, -0.2) is 34.9 Å². The summed E-state index contributed by atoms with van der Waals surface area (Å²) in [5.74, 6) is 3.10. The minimum Gasteiger partial charge on any atom is -0.339 e. The van der Waals surface area contributed by atoms with Gasteiger partial charge < -0.3 is 4.90 Å². The van der Waals surface area contributed by atoms with E-state index in [0.29, 0.717) is 18.2 Å². The number of rotatable bonds is 4. The summed E-state index contributed by atoms with van der Waals surface area (Å²) in [6, 6.07) is 7.04. The molecule has 0 saturated carbocycles. The maximum atomic E-state index is 13.3. The van der Waals surface area contributed by atoms with E-state index in [4.69, 9.17) is 0 Å². The summed E-state index contributed by atoms with van der Waals surface area (Å²) in [7, 11) is 0. The molecule has 0 bridgehead atoms. The average molecular weight is 321 g/mol. The quantitative estimate of drug-likeness (QED) is 0.838. The molecule has 1 amide bonds. The molecule has 2 saturated heterocycles. The van der Waals surface area contributed by atoms with Gasteiger partial charge in [-0.1, -0.05) is 12.1 Å². The molecule has 4 heteroatoms. The summed E-state index contributed by atoms with van der Waals surface area (Å²) in [4.78, 5) is 14.7. The van der Waals surface area contributed by atoms with Gasteiger partial charge in [0.2, 0.25) is 5.91 Å². The zero-order valence-corrected chi connectivity index (χ0v) is 13.8. The lowest BCUT2D eigenvalue weighted by Crippen LogP contribution is -2.38. The van der Waals surface area contributed by atoms with Gasteiger partial charge in [-0.3, -0.25) is 4.79 Å². The first-order chi connectivity index (χ1) is 10.7. The van der Waals surface area contributed by atoms with Crippen molar-refractivity contribution < 1.29 is 9.18 Å². The van der Waals surface area contributed by atoms with E-state index in [9.17, 15) is 9.18 Å². The van der Waals surface area contributed by atoms with Crippen molar-refractivity contribution in [1.82, 2.24) is 4.90 Å². The standard InChI is InChI=1S/C18H24FNOS/c19-16-4-1-3-15(11-16)12-17-5-2-8-20(17)18(21)13-14-6-9-22-10-7-14/h1,3-4,11,14,17H,2,5-10,12-13H2/t17-/m1/s1. The number of nitrogens with zero attached hydrogens (tertiary/aromatic N) is 1. The van der Waals surface area contributed by atoms with Crippen LogP contribution in [-0.2, 0) is 11.2 Å². The van der Waals surface area contributed by atoms with Crippen molar-refractivity contribution in [2.24, 2.45) is 5.92 Å². The van der Waals surface area contributed by atoms with Gasteiger partial charge in [0.1, 0.15) is 5.82 Å². The molecule has 1 aromatic rings. The van der Waals surface area contributed by atoms with Crippen LogP contribution >= 0.6 is 11.8 Å². The molecule has 2 nitrogen and oxygen atoms in total. The Hall–Kier alpha value is -1.03. The van der Waals surface area contributed by atoms with E-state index < -0.39 is 0 Å². The molecular formula is C18H24FNOS. The molecule has 0 unspecified atom stereocenters. The van der Waals surface area contributed by atoms with E-state index in [1.54, 1.807) is 12.1 Å². The number of amides is 1. The number of likely N-dealkylation sites (tertiary alicyclic amines) is 1. The molecule has 2 fully saturated rings. The number of thioether (sulfide) groups is 1. The monoisotopic (exact) mass is 321 g/mol. The minimum absolute atomic E-state index is 0.187. The van der Waals surface area contributed by atoms with Crippen molar-refractivity contribution >= 4 is 17.7 Å². The first kappa shape index (κ1) is 15.9. The second-order valence-corrected chi connectivity index (χ2v) is 7.70. The minimum atomic E-state index is -0.187. The first-order valence-electron chi connectivity index (χ1n) is 8.34. The van der Waals surface area contributed by atoms with Crippen molar-refractivity contribution in [3.05, 3.63) is 35.6 Å². The van der Waals surface area contributed by atoms with Crippen LogP contribution in [0.25, 0.3) is 0 Å². The highest BCUT2D eigenvalue weighted by molar-refractivity contribution is 7.99. The number of carbonyl (C=O) groups is 1. The summed E-state index contributed by atoms with van der Waals surface area (Å²) in [6.07, 6.45) is 5.97. The number of hydrogen-bond donors (Lipinski definition) is 0. The third kappa shape index (κ3) is 4.03. The summed E-state index contributed by atoms with van der Waals surface area (Å²) >= 11 is 2.00. The Kier molecular flexibility index (Phi) is 5.40. The smallest absolute Gasteiger partial charge is 0.223 e. The van der Waals surface area contributed by atoms with Crippen LogP contribution in [0, 0.1) is 11.7 Å². The molecule has 0 aliphatic carbocycles. The van der Waals surface area contributed by atoms with E-state index in [2.05, 4.69) is 4.90 Å². The van der Waals surface area contributed by atoms with E-state index in [-0.39, 0.29) is 11.9 Å². The fourth-order valence-electron chi connectivity index (χ4n) is 3.63. The molecule has 3 rings (SSSR count). The lowest BCUT2D eigenvalue weighted by atomic mass is 9.97. The van der Waals surface area contributed by atoms with Gasteiger partial charge in [-0.15, -0.1) is 0 Å². The lowest BCUT2D eigenvalue weighted by molar-refractivity contribution is -0.133. The van der Waals surface area contributed by atoms with Crippen molar-refractivity contribution in [3.63, 3.8) is 0 Å². The Morgan fingerprint density at radius 3 is 2.86 bits per heavy atom. The number of benzene rings is 1. The van der Waals surface area contributed by atoms with Gasteiger partial charge in [0.15, 0.2) is 0 Å². The van der Waals surface area contributed by atoms with Crippen LogP contribution < -0.4 is 0 Å². The van der Waals surface area contributed by atoms with Crippen LogP contribution in [0.2, 0.25) is 0 Å². The average Bonchev–Trinajstić information content (AvgIpc) is 2.96. The highest BCUT2D eigenvalue weighted by Gasteiger charge is 2.30. The number of halogens is 1. The zero-order chi connectivity index (χ0) is 15.4. The summed E-state index contributed by atoms with van der Waals surface area (Å²) in [5, 5.41) is 0. The maximum absolute atomic E-state index is 13.3. The zero-order valence-electron chi connectivity index (χ0n) is 13.0. The second kappa shape index (κ2) is 7.49. The van der Waals surface area contributed by atoms with Gasteiger partial charge in [-0.2, -0.15) is 11.8 Å². The van der Waals surface area contributed by atoms with Crippen molar-refractivity contribution in [1.29, 1.82) is 0 Å². The highest BCUT2D eigenvalue weighted by atomic mass is 32.2. The van der Waals surface area contributed by atoms with Gasteiger partial charge in [-0.25, -0.2) is 4.39 Å². The molecule has 2 aliphatic rings. The molecular weight excluding hydrogens is 297 g/mol. The molecule has 120 valence electrons. The highest BCUT2D eigenvalue weighted by Crippen LogP contribution is 2.28. The first-order valence-corrected chi connectivity index (χ1v) is 9.49. The van der Waals surface area contributed by atoms with Gasteiger partial charge in [-0.05, 0) is 67.2 Å². The normalized spacial score (nSPS) is 23.0. The molecule has 0 aromatic heterocycles. The number of carbonyl (C=O) groups excluding carboxylic acids is 1. The molecule has 1 atom stereocenters. The maximum Gasteiger partial charge on any atom is 0.223 e. The lowest BCUT2D eigenvalue weighted by Gasteiger charge is -2.28. The number of hydrogen-bond acceptors (Lipinski definition) is 2. The summed E-state index contributed by atoms with van der Waals surface area (Å²) < 4.78 is 13.3. The predicted octanol–water partition coefficient (Wildman–Crippen LogP) is 3.89. The van der Waals surface area contributed by atoms with Gasteiger partial charge >= 0.3 is 0 Å². The van der Waals surface area contributed by atoms with Gasteiger partial charge in [0.25, 0.3) is 0 Å². The van der Waals surface area contributed by atoms with Crippen LogP contribution in [0.3, 0.4) is 0 Å². The fraction of sp³-hybridized carbons (Fsp3) is 0.611. The Balaban J connectivity index is 1.58. The van der Waals surface area contributed by atoms with Crippen molar-refractivity contribution in [3.8, 4) is 0 Å². The fourth-order valence-corrected chi connectivity index (χ4v) is 4.83. The van der Waals surface area contributed by atoms with Crippen LogP contribution in [0.15, 0.2) is 24.3 Å². The van der Waals surface area contributed by atoms with Gasteiger partial charge in [0, 0.05) is 19.0 Å². The summed E-state index contributed by atoms with van der Waals surface area (Å²) in [6.45, 7) is 0.875. The largest absolute Gasteiger partial charge is 0.339 e. The molecule has 0 radical (unpaired) electrons. The molecule has 0 N–H and O–H groups in total. The third-order valence-electron chi connectivity index (χ3n) is 4.86. The summed E-state index contributed by atoms with van der Waals surface area (Å²) in [5.41, 5.74) is 0.999. The van der Waals surface area contributed by atoms with Crippen molar-refractivity contribution in [2.45, 2.75) is 44.6 Å². The molecule has 2 aliphatic heterocycles. The SMILES string of the molecule is O=C(CC1CCSCC1)N1CCC[C@@H]1Cc1cccc(F)c1. The van der Waals surface area contributed by atoms with Crippen LogP contribution in [0.1, 0.15) is 37.7 Å². The van der Waals surface area contributed by atoms with E-state index in [1.807, 2.05) is 17.8 Å². The van der Waals surface area contributed by atoms with Crippen molar-refractivity contribution in [2.75, 3.05) is 18.1 Å². The Morgan fingerprint density at radius 2 is 2.09 bits per heavy atom. The second-order valence-electron chi connectivity index (χ2n) is 6.48. The Labute approximate surface area is 136 Å². The third-order valence-corrected chi connectivity index (χ3v) is 5.91. The molecule has 22 heavy (non-hydrogen) atoms. The topological polar surface area (TPSA) is 20.3 Å². The van der Waals surface area contributed by atoms with E-state index in [1.165, 1.54) is 30.4 Å². The van der Waals surface area contributed by atoms with E-state index >= 15 is 0 Å². The van der Waals surface area contributed by atoms with E-state index in [0.717, 1.165) is 31.4 Å². The van der Waals surface area contributed by atoms with Crippen LogP contribution in [0.5, 0.6) is 0 Å². The Bertz CT molecular complexity index is 516. The Morgan fingerprint density at radius 1 is 1.27 bits per heavy atom. The van der Waals surface area contributed by atoms with Gasteiger partial charge in [0.05, 0.1) is 0 Å². The molecule has 1 aromatic carbocycles.